The molecule has 1 amide bonds. The molecule has 1 fully saturated rings. The fourth-order valence-corrected chi connectivity index (χ4v) is 4.18. The molecule has 138 valence electrons. The molecule has 1 atom stereocenters. The molecule has 0 radical (unpaired) electrons. The Hall–Kier alpha value is -2.38. The SMILES string of the molecule is NC(CC(=O)Nc1cccc(N2CCS(=O)(=O)CC2)c1)c1ccccc1. The molecular formula is C19H23N3O3S. The molecule has 0 spiro atoms. The van der Waals surface area contributed by atoms with Crippen molar-refractivity contribution >= 4 is 27.1 Å². The van der Waals surface area contributed by atoms with Crippen LogP contribution in [0.2, 0.25) is 0 Å². The van der Waals surface area contributed by atoms with E-state index in [0.717, 1.165) is 11.3 Å². The number of hydrogen-bond donors (Lipinski definition) is 2. The number of anilines is 2. The first-order valence-corrected chi connectivity index (χ1v) is 10.4. The van der Waals surface area contributed by atoms with E-state index in [4.69, 9.17) is 5.73 Å². The van der Waals surface area contributed by atoms with Crippen molar-refractivity contribution in [1.29, 1.82) is 0 Å². The zero-order valence-electron chi connectivity index (χ0n) is 14.5. The number of nitrogens with one attached hydrogen (secondary N) is 1. The summed E-state index contributed by atoms with van der Waals surface area (Å²) in [5.74, 6) is 0.171. The van der Waals surface area contributed by atoms with E-state index in [1.54, 1.807) is 0 Å². The molecule has 1 saturated heterocycles. The first-order chi connectivity index (χ1) is 12.4. The second kappa shape index (κ2) is 7.88. The van der Waals surface area contributed by atoms with Crippen molar-refractivity contribution in [3.05, 3.63) is 60.2 Å². The number of carbonyl (C=O) groups is 1. The van der Waals surface area contributed by atoms with Crippen molar-refractivity contribution in [1.82, 2.24) is 0 Å². The highest BCUT2D eigenvalue weighted by Crippen LogP contribution is 2.22. The predicted octanol–water partition coefficient (Wildman–Crippen LogP) is 1.95. The molecule has 1 aliphatic rings. The number of rotatable bonds is 5. The Kier molecular flexibility index (Phi) is 5.58. The van der Waals surface area contributed by atoms with Crippen molar-refractivity contribution in [2.24, 2.45) is 5.73 Å². The number of benzene rings is 2. The molecule has 6 nitrogen and oxygen atoms in total. The van der Waals surface area contributed by atoms with E-state index in [0.29, 0.717) is 18.8 Å². The number of amides is 1. The molecule has 0 aromatic heterocycles. The second-order valence-electron chi connectivity index (χ2n) is 6.46. The van der Waals surface area contributed by atoms with Gasteiger partial charge in [-0.05, 0) is 23.8 Å². The summed E-state index contributed by atoms with van der Waals surface area (Å²) in [4.78, 5) is 14.3. The Labute approximate surface area is 153 Å². The number of nitrogens with two attached hydrogens (primary N) is 1. The van der Waals surface area contributed by atoms with Gasteiger partial charge in [-0.3, -0.25) is 4.79 Å². The summed E-state index contributed by atoms with van der Waals surface area (Å²) in [7, 11) is -2.92. The molecule has 7 heteroatoms. The van der Waals surface area contributed by atoms with Gasteiger partial charge in [0, 0.05) is 36.9 Å². The van der Waals surface area contributed by atoms with Gasteiger partial charge in [-0.2, -0.15) is 0 Å². The summed E-state index contributed by atoms with van der Waals surface area (Å²) < 4.78 is 23.1. The highest BCUT2D eigenvalue weighted by molar-refractivity contribution is 7.91. The van der Waals surface area contributed by atoms with Crippen LogP contribution in [-0.4, -0.2) is 38.9 Å². The Balaban J connectivity index is 1.61. The van der Waals surface area contributed by atoms with Crippen LogP contribution in [0, 0.1) is 0 Å². The molecule has 1 aliphatic heterocycles. The van der Waals surface area contributed by atoms with Crippen LogP contribution in [0.3, 0.4) is 0 Å². The number of sulfone groups is 1. The van der Waals surface area contributed by atoms with Gasteiger partial charge in [0.25, 0.3) is 0 Å². The van der Waals surface area contributed by atoms with Gasteiger partial charge in [-0.15, -0.1) is 0 Å². The molecule has 0 bridgehead atoms. The van der Waals surface area contributed by atoms with Crippen LogP contribution in [-0.2, 0) is 14.6 Å². The Morgan fingerprint density at radius 1 is 1.08 bits per heavy atom. The third-order valence-corrected chi connectivity index (χ3v) is 6.08. The molecule has 2 aromatic carbocycles. The van der Waals surface area contributed by atoms with Gasteiger partial charge in [0.2, 0.25) is 5.91 Å². The molecule has 2 aromatic rings. The predicted molar refractivity (Wildman–Crippen MR) is 104 cm³/mol. The minimum Gasteiger partial charge on any atom is -0.369 e. The topological polar surface area (TPSA) is 92.5 Å². The molecule has 1 unspecified atom stereocenters. The lowest BCUT2D eigenvalue weighted by Gasteiger charge is -2.29. The van der Waals surface area contributed by atoms with E-state index in [1.807, 2.05) is 59.5 Å². The standard InChI is InChI=1S/C19H23N3O3S/c20-18(15-5-2-1-3-6-15)14-19(23)21-16-7-4-8-17(13-16)22-9-11-26(24,25)12-10-22/h1-8,13,18H,9-12,14,20H2,(H,21,23). The third-order valence-electron chi connectivity index (χ3n) is 4.47. The van der Waals surface area contributed by atoms with E-state index in [-0.39, 0.29) is 29.9 Å². The van der Waals surface area contributed by atoms with Crippen molar-refractivity contribution < 1.29 is 13.2 Å². The van der Waals surface area contributed by atoms with Crippen LogP contribution in [0.15, 0.2) is 54.6 Å². The fourth-order valence-electron chi connectivity index (χ4n) is 2.98. The van der Waals surface area contributed by atoms with Crippen LogP contribution in [0.25, 0.3) is 0 Å². The highest BCUT2D eigenvalue weighted by atomic mass is 32.2. The first-order valence-electron chi connectivity index (χ1n) is 8.59. The van der Waals surface area contributed by atoms with Gasteiger partial charge in [-0.1, -0.05) is 36.4 Å². The van der Waals surface area contributed by atoms with E-state index >= 15 is 0 Å². The number of nitrogens with zero attached hydrogens (tertiary/aromatic N) is 1. The molecular weight excluding hydrogens is 350 g/mol. The maximum atomic E-state index is 12.3. The van der Waals surface area contributed by atoms with Gasteiger partial charge in [-0.25, -0.2) is 8.42 Å². The van der Waals surface area contributed by atoms with Crippen molar-refractivity contribution in [2.45, 2.75) is 12.5 Å². The van der Waals surface area contributed by atoms with Crippen molar-refractivity contribution in [3.8, 4) is 0 Å². The summed E-state index contributed by atoms with van der Waals surface area (Å²) in [6.07, 6.45) is 0.191. The summed E-state index contributed by atoms with van der Waals surface area (Å²) in [6.45, 7) is 0.942. The summed E-state index contributed by atoms with van der Waals surface area (Å²) >= 11 is 0. The normalized spacial score (nSPS) is 17.5. The van der Waals surface area contributed by atoms with Crippen molar-refractivity contribution in [3.63, 3.8) is 0 Å². The third kappa shape index (κ3) is 4.83. The van der Waals surface area contributed by atoms with Gasteiger partial charge in [0.05, 0.1) is 11.5 Å². The van der Waals surface area contributed by atoms with E-state index in [2.05, 4.69) is 5.32 Å². The second-order valence-corrected chi connectivity index (χ2v) is 8.76. The lowest BCUT2D eigenvalue weighted by atomic mass is 10.0. The van der Waals surface area contributed by atoms with Gasteiger partial charge in [0.15, 0.2) is 9.84 Å². The maximum absolute atomic E-state index is 12.3. The average molecular weight is 373 g/mol. The molecule has 1 heterocycles. The molecule has 26 heavy (non-hydrogen) atoms. The zero-order valence-corrected chi connectivity index (χ0v) is 15.3. The highest BCUT2D eigenvalue weighted by Gasteiger charge is 2.22. The van der Waals surface area contributed by atoms with Gasteiger partial charge >= 0.3 is 0 Å². The van der Waals surface area contributed by atoms with Crippen LogP contribution in [0.5, 0.6) is 0 Å². The summed E-state index contributed by atoms with van der Waals surface area (Å²) in [5, 5.41) is 2.87. The zero-order chi connectivity index (χ0) is 18.6. The molecule has 0 saturated carbocycles. The molecule has 0 aliphatic carbocycles. The fraction of sp³-hybridized carbons (Fsp3) is 0.316. The smallest absolute Gasteiger partial charge is 0.226 e. The van der Waals surface area contributed by atoms with Crippen molar-refractivity contribution in [2.75, 3.05) is 34.8 Å². The molecule has 3 rings (SSSR count). The Morgan fingerprint density at radius 3 is 2.46 bits per heavy atom. The lowest BCUT2D eigenvalue weighted by molar-refractivity contribution is -0.116. The van der Waals surface area contributed by atoms with Gasteiger partial charge < -0.3 is 16.0 Å². The Morgan fingerprint density at radius 2 is 1.77 bits per heavy atom. The minimum atomic E-state index is -2.92. The summed E-state index contributed by atoms with van der Waals surface area (Å²) in [5.41, 5.74) is 8.61. The van der Waals surface area contributed by atoms with Gasteiger partial charge in [0.1, 0.15) is 0 Å². The Bertz CT molecular complexity index is 855. The monoisotopic (exact) mass is 373 g/mol. The maximum Gasteiger partial charge on any atom is 0.226 e. The minimum absolute atomic E-state index is 0.153. The quantitative estimate of drug-likeness (QED) is 0.836. The summed E-state index contributed by atoms with van der Waals surface area (Å²) in [6, 6.07) is 16.6. The first kappa shape index (κ1) is 18.4. The van der Waals surface area contributed by atoms with Crippen LogP contribution >= 0.6 is 0 Å². The van der Waals surface area contributed by atoms with E-state index in [1.165, 1.54) is 0 Å². The lowest BCUT2D eigenvalue weighted by Crippen LogP contribution is -2.40. The number of hydrogen-bond acceptors (Lipinski definition) is 5. The number of carbonyl (C=O) groups excluding carboxylic acids is 1. The van der Waals surface area contributed by atoms with E-state index in [9.17, 15) is 13.2 Å². The molecule has 3 N–H and O–H groups in total. The van der Waals surface area contributed by atoms with Crippen LogP contribution in [0.4, 0.5) is 11.4 Å². The largest absolute Gasteiger partial charge is 0.369 e. The van der Waals surface area contributed by atoms with Crippen LogP contribution < -0.4 is 16.0 Å². The van der Waals surface area contributed by atoms with E-state index < -0.39 is 9.84 Å². The van der Waals surface area contributed by atoms with Crippen LogP contribution in [0.1, 0.15) is 18.0 Å². The average Bonchev–Trinajstić information content (AvgIpc) is 2.62.